The average Bonchev–Trinajstić information content (AvgIpc) is 3.23. The standard InChI is InChI=1S/C38H48/c1-25-19-27(3)32(15-18-38(8)16-10-17-38)36(20-25)33-12-9-11-30-21-29(23-35(30)33)22-34-26(2)13-14-31(28(34)4)24-37(5,6)7/h9,11-14,19-21,31,34H,2,4,10,15-18,22-24H2,1,3,5-8H3. The Kier molecular flexibility index (Phi) is 7.23. The maximum absolute atomic E-state index is 4.61. The molecule has 0 heterocycles. The Hall–Kier alpha value is -2.60. The summed E-state index contributed by atoms with van der Waals surface area (Å²) in [6.45, 7) is 23.1. The van der Waals surface area contributed by atoms with E-state index in [-0.39, 0.29) is 0 Å². The van der Waals surface area contributed by atoms with Crippen LogP contribution in [0.25, 0.3) is 17.2 Å². The van der Waals surface area contributed by atoms with Crippen molar-refractivity contribution < 1.29 is 0 Å². The van der Waals surface area contributed by atoms with Crippen molar-refractivity contribution in [2.75, 3.05) is 0 Å². The normalized spacial score (nSPS) is 22.3. The summed E-state index contributed by atoms with van der Waals surface area (Å²) in [6.07, 6.45) is 17.0. The first-order valence-electron chi connectivity index (χ1n) is 14.9. The van der Waals surface area contributed by atoms with Crippen molar-refractivity contribution >= 4 is 6.08 Å². The molecule has 0 radical (unpaired) electrons. The molecule has 2 unspecified atom stereocenters. The highest BCUT2D eigenvalue weighted by Crippen LogP contribution is 2.46. The Morgan fingerprint density at radius 2 is 1.79 bits per heavy atom. The average molecular weight is 505 g/mol. The summed E-state index contributed by atoms with van der Waals surface area (Å²) in [7, 11) is 0. The molecule has 1 fully saturated rings. The number of rotatable bonds is 7. The van der Waals surface area contributed by atoms with E-state index < -0.39 is 0 Å². The number of hydrogen-bond donors (Lipinski definition) is 0. The van der Waals surface area contributed by atoms with Crippen molar-refractivity contribution in [3.63, 3.8) is 0 Å². The molecule has 0 heteroatoms. The lowest BCUT2D eigenvalue weighted by molar-refractivity contribution is 0.147. The monoisotopic (exact) mass is 504 g/mol. The first-order chi connectivity index (χ1) is 17.9. The highest BCUT2D eigenvalue weighted by Gasteiger charge is 2.32. The van der Waals surface area contributed by atoms with Crippen LogP contribution in [0.2, 0.25) is 0 Å². The third kappa shape index (κ3) is 5.56. The molecule has 0 spiro atoms. The number of hydrogen-bond acceptors (Lipinski definition) is 0. The minimum Gasteiger partial charge on any atom is -0.0986 e. The molecule has 200 valence electrons. The Morgan fingerprint density at radius 1 is 1.03 bits per heavy atom. The number of allylic oxidation sites excluding steroid dienone is 5. The van der Waals surface area contributed by atoms with Crippen LogP contribution < -0.4 is 0 Å². The summed E-state index contributed by atoms with van der Waals surface area (Å²) in [5.74, 6) is 0.789. The molecular formula is C38H48. The lowest BCUT2D eigenvalue weighted by atomic mass is 9.67. The molecule has 0 saturated heterocycles. The SMILES string of the molecule is C=C1C=CC(CC(C)(C)C)C(=C)C1CC1=Cc2cccc(-c3cc(C)cc(C)c3CCC3(C)CCC3)c2C1. The van der Waals surface area contributed by atoms with Crippen LogP contribution in [0.5, 0.6) is 0 Å². The smallest absolute Gasteiger partial charge is 0.00827 e. The molecule has 5 rings (SSSR count). The van der Waals surface area contributed by atoms with E-state index in [0.717, 1.165) is 19.3 Å². The first kappa shape index (κ1) is 27.0. The van der Waals surface area contributed by atoms with Gasteiger partial charge in [-0.1, -0.05) is 113 Å². The molecule has 0 amide bonds. The van der Waals surface area contributed by atoms with Crippen molar-refractivity contribution in [3.05, 3.63) is 100 Å². The predicted molar refractivity (Wildman–Crippen MR) is 166 cm³/mol. The number of fused-ring (bicyclic) bond motifs is 1. The number of aryl methyl sites for hydroxylation is 2. The maximum Gasteiger partial charge on any atom is 0.00827 e. The van der Waals surface area contributed by atoms with E-state index in [4.69, 9.17) is 0 Å². The molecule has 1 saturated carbocycles. The van der Waals surface area contributed by atoms with Gasteiger partial charge < -0.3 is 0 Å². The Bertz CT molecular complexity index is 1310. The summed E-state index contributed by atoms with van der Waals surface area (Å²) in [4.78, 5) is 0. The maximum atomic E-state index is 4.61. The second-order valence-corrected chi connectivity index (χ2v) is 14.3. The van der Waals surface area contributed by atoms with Gasteiger partial charge in [0.1, 0.15) is 0 Å². The van der Waals surface area contributed by atoms with Crippen LogP contribution in [0, 0.1) is 36.5 Å². The van der Waals surface area contributed by atoms with Gasteiger partial charge in [0.05, 0.1) is 0 Å². The highest BCUT2D eigenvalue weighted by molar-refractivity contribution is 5.80. The van der Waals surface area contributed by atoms with Crippen LogP contribution in [-0.4, -0.2) is 0 Å². The zero-order chi connectivity index (χ0) is 27.2. The fourth-order valence-corrected chi connectivity index (χ4v) is 7.20. The van der Waals surface area contributed by atoms with Crippen molar-refractivity contribution in [1.29, 1.82) is 0 Å². The molecule has 3 aliphatic rings. The van der Waals surface area contributed by atoms with Gasteiger partial charge in [0.2, 0.25) is 0 Å². The minimum atomic E-state index is 0.290. The summed E-state index contributed by atoms with van der Waals surface area (Å²) in [5, 5.41) is 0. The third-order valence-corrected chi connectivity index (χ3v) is 9.64. The van der Waals surface area contributed by atoms with Crippen molar-refractivity contribution in [2.45, 2.75) is 92.9 Å². The van der Waals surface area contributed by atoms with Crippen LogP contribution in [0.1, 0.15) is 94.0 Å². The van der Waals surface area contributed by atoms with E-state index in [1.54, 1.807) is 5.56 Å². The largest absolute Gasteiger partial charge is 0.0986 e. The minimum absolute atomic E-state index is 0.290. The van der Waals surface area contributed by atoms with E-state index in [1.165, 1.54) is 82.2 Å². The lowest BCUT2D eigenvalue weighted by Crippen LogP contribution is -2.26. The van der Waals surface area contributed by atoms with Gasteiger partial charge in [-0.05, 0) is 114 Å². The molecule has 38 heavy (non-hydrogen) atoms. The second kappa shape index (κ2) is 10.2. The zero-order valence-electron chi connectivity index (χ0n) is 24.8. The molecule has 0 aromatic heterocycles. The fraction of sp³-hybridized carbons (Fsp3) is 0.474. The van der Waals surface area contributed by atoms with E-state index in [0.29, 0.717) is 22.7 Å². The topological polar surface area (TPSA) is 0 Å². The van der Waals surface area contributed by atoms with E-state index in [2.05, 4.69) is 103 Å². The van der Waals surface area contributed by atoms with E-state index in [1.807, 2.05) is 0 Å². The van der Waals surface area contributed by atoms with Gasteiger partial charge in [0.15, 0.2) is 0 Å². The fourth-order valence-electron chi connectivity index (χ4n) is 7.20. The second-order valence-electron chi connectivity index (χ2n) is 14.3. The van der Waals surface area contributed by atoms with Gasteiger partial charge in [-0.2, -0.15) is 0 Å². The summed E-state index contributed by atoms with van der Waals surface area (Å²) >= 11 is 0. The quantitative estimate of drug-likeness (QED) is 0.329. The molecule has 2 atom stereocenters. The first-order valence-corrected chi connectivity index (χ1v) is 14.9. The van der Waals surface area contributed by atoms with E-state index >= 15 is 0 Å². The van der Waals surface area contributed by atoms with Gasteiger partial charge >= 0.3 is 0 Å². The van der Waals surface area contributed by atoms with Gasteiger partial charge in [-0.3, -0.25) is 0 Å². The van der Waals surface area contributed by atoms with Gasteiger partial charge in [0, 0.05) is 5.92 Å². The van der Waals surface area contributed by atoms with Crippen LogP contribution >= 0.6 is 0 Å². The van der Waals surface area contributed by atoms with Crippen molar-refractivity contribution in [1.82, 2.24) is 0 Å². The third-order valence-electron chi connectivity index (χ3n) is 9.64. The summed E-state index contributed by atoms with van der Waals surface area (Å²) in [6, 6.07) is 11.8. The molecule has 0 N–H and O–H groups in total. The van der Waals surface area contributed by atoms with Crippen LogP contribution in [0.3, 0.4) is 0 Å². The van der Waals surface area contributed by atoms with Gasteiger partial charge in [-0.25, -0.2) is 0 Å². The summed E-state index contributed by atoms with van der Waals surface area (Å²) in [5.41, 5.74) is 15.2. The van der Waals surface area contributed by atoms with Crippen molar-refractivity contribution in [2.24, 2.45) is 22.7 Å². The molecule has 2 aromatic carbocycles. The van der Waals surface area contributed by atoms with Crippen LogP contribution in [0.4, 0.5) is 0 Å². The Labute approximate surface area is 232 Å². The lowest BCUT2D eigenvalue weighted by Gasteiger charge is -2.39. The predicted octanol–water partition coefficient (Wildman–Crippen LogP) is 10.8. The molecule has 3 aliphatic carbocycles. The van der Waals surface area contributed by atoms with Crippen LogP contribution in [-0.2, 0) is 12.8 Å². The van der Waals surface area contributed by atoms with E-state index in [9.17, 15) is 0 Å². The van der Waals surface area contributed by atoms with Gasteiger partial charge in [0.25, 0.3) is 0 Å². The molecule has 0 bridgehead atoms. The molecular weight excluding hydrogens is 456 g/mol. The Morgan fingerprint density at radius 3 is 2.47 bits per heavy atom. The highest BCUT2D eigenvalue weighted by atomic mass is 14.4. The van der Waals surface area contributed by atoms with Gasteiger partial charge in [-0.15, -0.1) is 0 Å². The summed E-state index contributed by atoms with van der Waals surface area (Å²) < 4.78 is 0. The van der Waals surface area contributed by atoms with Crippen LogP contribution in [0.15, 0.2) is 72.4 Å². The molecule has 2 aromatic rings. The molecule has 0 aliphatic heterocycles. The zero-order valence-corrected chi connectivity index (χ0v) is 24.8. The Balaban J connectivity index is 1.40. The van der Waals surface area contributed by atoms with Crippen molar-refractivity contribution in [3.8, 4) is 11.1 Å². The molecule has 0 nitrogen and oxygen atoms in total. The number of benzene rings is 2.